The Morgan fingerprint density at radius 3 is 2.85 bits per heavy atom. The highest BCUT2D eigenvalue weighted by Crippen LogP contribution is 2.19. The molecular formula is C12H20O. The molecule has 1 nitrogen and oxygen atoms in total. The van der Waals surface area contributed by atoms with Crippen molar-refractivity contribution in [2.45, 2.75) is 52.4 Å². The molecule has 0 amide bonds. The van der Waals surface area contributed by atoms with Gasteiger partial charge in [0.15, 0.2) is 0 Å². The minimum Gasteiger partial charge on any atom is -0.300 e. The Hall–Kier alpha value is -0.590. The molecule has 0 radical (unpaired) electrons. The maximum Gasteiger partial charge on any atom is 0.133 e. The van der Waals surface area contributed by atoms with E-state index in [0.29, 0.717) is 11.7 Å². The second-order valence-electron chi connectivity index (χ2n) is 4.35. The highest BCUT2D eigenvalue weighted by Gasteiger charge is 2.10. The number of ketones is 1. The van der Waals surface area contributed by atoms with Gasteiger partial charge in [0.2, 0.25) is 0 Å². The number of hydrogen-bond donors (Lipinski definition) is 0. The van der Waals surface area contributed by atoms with Gasteiger partial charge >= 0.3 is 0 Å². The van der Waals surface area contributed by atoms with Crippen molar-refractivity contribution < 1.29 is 4.79 Å². The summed E-state index contributed by atoms with van der Waals surface area (Å²) in [6.45, 7) is 4.36. The van der Waals surface area contributed by atoms with Gasteiger partial charge in [-0.1, -0.05) is 18.6 Å². The molecule has 1 aliphatic rings. The summed E-state index contributed by atoms with van der Waals surface area (Å²) in [5.74, 6) is 1.00. The lowest BCUT2D eigenvalue weighted by atomic mass is 9.93. The molecule has 1 heteroatoms. The number of allylic oxidation sites excluding steroid dienone is 2. The minimum atomic E-state index is 0.460. The molecule has 1 aliphatic carbocycles. The summed E-state index contributed by atoms with van der Waals surface area (Å²) < 4.78 is 0. The summed E-state index contributed by atoms with van der Waals surface area (Å²) in [6.07, 6.45) is 8.44. The second-order valence-corrected chi connectivity index (χ2v) is 4.35. The van der Waals surface area contributed by atoms with Crippen LogP contribution < -0.4 is 0 Å². The van der Waals surface area contributed by atoms with Crippen LogP contribution in [0.25, 0.3) is 0 Å². The van der Waals surface area contributed by atoms with E-state index in [4.69, 9.17) is 0 Å². The first-order chi connectivity index (χ1) is 6.18. The smallest absolute Gasteiger partial charge is 0.133 e. The van der Waals surface area contributed by atoms with Gasteiger partial charge in [-0.3, -0.25) is 4.79 Å². The molecule has 0 aromatic heterocycles. The number of carbonyl (C=O) groups is 1. The van der Waals surface area contributed by atoms with E-state index in [9.17, 15) is 4.79 Å². The Morgan fingerprint density at radius 2 is 2.08 bits per heavy atom. The standard InChI is InChI=1S/C12H20O/c1-10-6-4-3-5-7-12(13)9-11(2)8-10/h6,11H,3-5,7-9H2,1-2H3/b10-6-. The molecule has 0 saturated heterocycles. The SMILES string of the molecule is C/C1=C/CCCCC(=O)CC(C)C1. The molecule has 74 valence electrons. The molecule has 0 fully saturated rings. The Kier molecular flexibility index (Phi) is 4.20. The van der Waals surface area contributed by atoms with Crippen molar-refractivity contribution in [3.63, 3.8) is 0 Å². The van der Waals surface area contributed by atoms with Crippen LogP contribution in [0.2, 0.25) is 0 Å². The van der Waals surface area contributed by atoms with Gasteiger partial charge in [0.05, 0.1) is 0 Å². The Bertz CT molecular complexity index is 203. The van der Waals surface area contributed by atoms with E-state index in [1.54, 1.807) is 0 Å². The molecule has 0 N–H and O–H groups in total. The number of Topliss-reactive ketones (excluding diaryl/α,β-unsaturated/α-hetero) is 1. The van der Waals surface area contributed by atoms with Crippen molar-refractivity contribution in [1.82, 2.24) is 0 Å². The Balaban J connectivity index is 2.52. The average Bonchev–Trinajstić information content (AvgIpc) is 2.02. The first kappa shape index (κ1) is 10.5. The van der Waals surface area contributed by atoms with Crippen LogP contribution in [-0.4, -0.2) is 5.78 Å². The van der Waals surface area contributed by atoms with Gasteiger partial charge in [-0.2, -0.15) is 0 Å². The van der Waals surface area contributed by atoms with Gasteiger partial charge in [0.1, 0.15) is 5.78 Å². The Morgan fingerprint density at radius 1 is 1.31 bits per heavy atom. The normalized spacial score (nSPS) is 30.8. The van der Waals surface area contributed by atoms with E-state index >= 15 is 0 Å². The maximum atomic E-state index is 11.4. The zero-order chi connectivity index (χ0) is 9.68. The molecule has 0 heterocycles. The van der Waals surface area contributed by atoms with E-state index in [-0.39, 0.29) is 0 Å². The summed E-state index contributed by atoms with van der Waals surface area (Å²) in [7, 11) is 0. The van der Waals surface area contributed by atoms with Crippen LogP contribution in [-0.2, 0) is 4.79 Å². The van der Waals surface area contributed by atoms with Crippen molar-refractivity contribution in [2.75, 3.05) is 0 Å². The molecule has 0 spiro atoms. The molecule has 0 aliphatic heterocycles. The lowest BCUT2D eigenvalue weighted by Gasteiger charge is -2.12. The van der Waals surface area contributed by atoms with Gasteiger partial charge in [-0.25, -0.2) is 0 Å². The topological polar surface area (TPSA) is 17.1 Å². The van der Waals surface area contributed by atoms with Gasteiger partial charge in [0, 0.05) is 12.8 Å². The summed E-state index contributed by atoms with van der Waals surface area (Å²) in [5.41, 5.74) is 1.46. The first-order valence-corrected chi connectivity index (χ1v) is 5.36. The molecule has 0 bridgehead atoms. The zero-order valence-electron chi connectivity index (χ0n) is 8.81. The van der Waals surface area contributed by atoms with E-state index in [2.05, 4.69) is 19.9 Å². The van der Waals surface area contributed by atoms with Gasteiger partial charge < -0.3 is 0 Å². The van der Waals surface area contributed by atoms with Gasteiger partial charge in [0.25, 0.3) is 0 Å². The van der Waals surface area contributed by atoms with Crippen LogP contribution in [0.5, 0.6) is 0 Å². The zero-order valence-corrected chi connectivity index (χ0v) is 8.81. The van der Waals surface area contributed by atoms with E-state index in [1.165, 1.54) is 12.0 Å². The van der Waals surface area contributed by atoms with Crippen molar-refractivity contribution in [3.8, 4) is 0 Å². The quantitative estimate of drug-likeness (QED) is 0.521. The monoisotopic (exact) mass is 180 g/mol. The van der Waals surface area contributed by atoms with Crippen LogP contribution in [0.15, 0.2) is 11.6 Å². The van der Waals surface area contributed by atoms with Crippen molar-refractivity contribution in [3.05, 3.63) is 11.6 Å². The fraction of sp³-hybridized carbons (Fsp3) is 0.750. The number of rotatable bonds is 0. The largest absolute Gasteiger partial charge is 0.300 e. The first-order valence-electron chi connectivity index (χ1n) is 5.36. The third-order valence-corrected chi connectivity index (χ3v) is 2.65. The van der Waals surface area contributed by atoms with E-state index < -0.39 is 0 Å². The predicted octanol–water partition coefficient (Wildman–Crippen LogP) is 3.49. The van der Waals surface area contributed by atoms with Crippen molar-refractivity contribution in [2.24, 2.45) is 5.92 Å². The average molecular weight is 180 g/mol. The maximum absolute atomic E-state index is 11.4. The number of carbonyl (C=O) groups excluding carboxylic acids is 1. The molecule has 1 rings (SSSR count). The fourth-order valence-electron chi connectivity index (χ4n) is 2.01. The summed E-state index contributed by atoms with van der Waals surface area (Å²) in [6, 6.07) is 0. The van der Waals surface area contributed by atoms with Crippen LogP contribution >= 0.6 is 0 Å². The third kappa shape index (κ3) is 4.25. The van der Waals surface area contributed by atoms with Crippen LogP contribution in [0, 0.1) is 5.92 Å². The molecule has 1 unspecified atom stereocenters. The second kappa shape index (κ2) is 5.21. The summed E-state index contributed by atoms with van der Waals surface area (Å²) in [5, 5.41) is 0. The molecule has 1 atom stereocenters. The van der Waals surface area contributed by atoms with Gasteiger partial charge in [-0.05, 0) is 38.5 Å². The molecular weight excluding hydrogens is 160 g/mol. The molecule has 0 aromatic carbocycles. The van der Waals surface area contributed by atoms with Crippen molar-refractivity contribution in [1.29, 1.82) is 0 Å². The molecule has 13 heavy (non-hydrogen) atoms. The molecule has 0 aromatic rings. The molecule has 0 saturated carbocycles. The minimum absolute atomic E-state index is 0.460. The lowest BCUT2D eigenvalue weighted by Crippen LogP contribution is -2.06. The highest BCUT2D eigenvalue weighted by atomic mass is 16.1. The Labute approximate surface area is 81.2 Å². The highest BCUT2D eigenvalue weighted by molar-refractivity contribution is 5.78. The third-order valence-electron chi connectivity index (χ3n) is 2.65. The van der Waals surface area contributed by atoms with Crippen LogP contribution in [0.1, 0.15) is 52.4 Å². The van der Waals surface area contributed by atoms with Crippen molar-refractivity contribution >= 4 is 5.78 Å². The number of hydrogen-bond acceptors (Lipinski definition) is 1. The lowest BCUT2D eigenvalue weighted by molar-refractivity contribution is -0.119. The summed E-state index contributed by atoms with van der Waals surface area (Å²) in [4.78, 5) is 11.4. The predicted molar refractivity (Wildman–Crippen MR) is 55.6 cm³/mol. The van der Waals surface area contributed by atoms with Crippen LogP contribution in [0.3, 0.4) is 0 Å². The van der Waals surface area contributed by atoms with Crippen LogP contribution in [0.4, 0.5) is 0 Å². The summed E-state index contributed by atoms with van der Waals surface area (Å²) >= 11 is 0. The fourth-order valence-corrected chi connectivity index (χ4v) is 2.01. The van der Waals surface area contributed by atoms with E-state index in [0.717, 1.165) is 32.1 Å². The van der Waals surface area contributed by atoms with Gasteiger partial charge in [-0.15, -0.1) is 0 Å². The van der Waals surface area contributed by atoms with E-state index in [1.807, 2.05) is 0 Å².